The fourth-order valence-corrected chi connectivity index (χ4v) is 1.12. The van der Waals surface area contributed by atoms with Crippen molar-refractivity contribution >= 4 is 5.91 Å². The topological polar surface area (TPSA) is 50.4 Å². The minimum absolute atomic E-state index is 0.573. The number of amides is 1. The fraction of sp³-hybridized carbons (Fsp3) is 0.900. The highest BCUT2D eigenvalue weighted by Crippen LogP contribution is 2.12. The Morgan fingerprint density at radius 3 is 2.53 bits per heavy atom. The lowest BCUT2D eigenvalue weighted by molar-refractivity contribution is -0.139. The number of hydrogen-bond acceptors (Lipinski definition) is 3. The Bertz CT molecular complexity index is 222. The van der Waals surface area contributed by atoms with Crippen LogP contribution in [0.15, 0.2) is 0 Å². The largest absolute Gasteiger partial charge is 0.405 e. The summed E-state index contributed by atoms with van der Waals surface area (Å²) in [5, 5.41) is 4.67. The Kier molecular flexibility index (Phi) is 7.90. The maximum absolute atomic E-state index is 11.8. The summed E-state index contributed by atoms with van der Waals surface area (Å²) in [6.45, 7) is 1.45. The molecule has 0 aromatic carbocycles. The maximum Gasteiger partial charge on any atom is 0.405 e. The SMILES string of the molecule is COCCCCNC(C)C(=O)NCC(F)(F)F. The molecule has 4 nitrogen and oxygen atoms in total. The van der Waals surface area contributed by atoms with Crippen molar-refractivity contribution in [3.8, 4) is 0 Å². The molecule has 0 bridgehead atoms. The fourth-order valence-electron chi connectivity index (χ4n) is 1.12. The molecule has 1 atom stereocenters. The van der Waals surface area contributed by atoms with Crippen LogP contribution in [0.4, 0.5) is 13.2 Å². The quantitative estimate of drug-likeness (QED) is 0.639. The van der Waals surface area contributed by atoms with Crippen molar-refractivity contribution in [2.45, 2.75) is 32.0 Å². The second-order valence-electron chi connectivity index (χ2n) is 3.71. The van der Waals surface area contributed by atoms with Gasteiger partial charge in [0.1, 0.15) is 6.54 Å². The second kappa shape index (κ2) is 8.30. The lowest BCUT2D eigenvalue weighted by Crippen LogP contribution is -2.45. The minimum Gasteiger partial charge on any atom is -0.385 e. The lowest BCUT2D eigenvalue weighted by atomic mass is 10.2. The average Bonchev–Trinajstić information content (AvgIpc) is 2.24. The molecule has 1 unspecified atom stereocenters. The van der Waals surface area contributed by atoms with E-state index in [1.807, 2.05) is 5.32 Å². The van der Waals surface area contributed by atoms with Gasteiger partial charge >= 0.3 is 6.18 Å². The van der Waals surface area contributed by atoms with Crippen LogP contribution >= 0.6 is 0 Å². The van der Waals surface area contributed by atoms with Crippen molar-refractivity contribution in [3.63, 3.8) is 0 Å². The summed E-state index contributed by atoms with van der Waals surface area (Å²) >= 11 is 0. The van der Waals surface area contributed by atoms with Crippen molar-refractivity contribution in [1.82, 2.24) is 10.6 Å². The van der Waals surface area contributed by atoms with Gasteiger partial charge in [0.25, 0.3) is 0 Å². The third kappa shape index (κ3) is 10.1. The van der Waals surface area contributed by atoms with Gasteiger partial charge in [0.2, 0.25) is 5.91 Å². The first-order valence-electron chi connectivity index (χ1n) is 5.43. The third-order valence-electron chi connectivity index (χ3n) is 2.08. The molecule has 0 aromatic heterocycles. The van der Waals surface area contributed by atoms with Crippen molar-refractivity contribution < 1.29 is 22.7 Å². The van der Waals surface area contributed by atoms with Crippen molar-refractivity contribution in [1.29, 1.82) is 0 Å². The highest BCUT2D eigenvalue weighted by Gasteiger charge is 2.28. The first kappa shape index (κ1) is 16.2. The maximum atomic E-state index is 11.8. The molecular formula is C10H19F3N2O2. The third-order valence-corrected chi connectivity index (χ3v) is 2.08. The number of halogens is 3. The van der Waals surface area contributed by atoms with E-state index >= 15 is 0 Å². The smallest absolute Gasteiger partial charge is 0.385 e. The number of carbonyl (C=O) groups excluding carboxylic acids is 1. The predicted octanol–water partition coefficient (Wildman–Crippen LogP) is 1.07. The van der Waals surface area contributed by atoms with Gasteiger partial charge < -0.3 is 15.4 Å². The van der Waals surface area contributed by atoms with Crippen LogP contribution in [0, 0.1) is 0 Å². The molecule has 0 rings (SSSR count). The number of carbonyl (C=O) groups is 1. The summed E-state index contributed by atoms with van der Waals surface area (Å²) < 4.78 is 40.3. The molecule has 0 spiro atoms. The van der Waals surface area contributed by atoms with E-state index in [1.165, 1.54) is 6.92 Å². The summed E-state index contributed by atoms with van der Waals surface area (Å²) in [5.41, 5.74) is 0. The van der Waals surface area contributed by atoms with Crippen LogP contribution in [0.25, 0.3) is 0 Å². The molecule has 2 N–H and O–H groups in total. The van der Waals surface area contributed by atoms with Gasteiger partial charge in [0.05, 0.1) is 6.04 Å². The van der Waals surface area contributed by atoms with Gasteiger partial charge in [0, 0.05) is 13.7 Å². The van der Waals surface area contributed by atoms with Crippen LogP contribution in [0.5, 0.6) is 0 Å². The summed E-state index contributed by atoms with van der Waals surface area (Å²) in [6, 6.07) is -0.625. The molecule has 0 radical (unpaired) electrons. The van der Waals surface area contributed by atoms with Gasteiger partial charge in [-0.1, -0.05) is 0 Å². The number of nitrogens with one attached hydrogen (secondary N) is 2. The Morgan fingerprint density at radius 1 is 1.35 bits per heavy atom. The van der Waals surface area contributed by atoms with Gasteiger partial charge in [-0.3, -0.25) is 4.79 Å². The molecule has 0 aliphatic carbocycles. The molecule has 0 saturated carbocycles. The van der Waals surface area contributed by atoms with Crippen molar-refractivity contribution in [3.05, 3.63) is 0 Å². The second-order valence-corrected chi connectivity index (χ2v) is 3.71. The summed E-state index contributed by atoms with van der Waals surface area (Å²) in [4.78, 5) is 11.2. The van der Waals surface area contributed by atoms with Gasteiger partial charge in [-0.2, -0.15) is 13.2 Å². The van der Waals surface area contributed by atoms with Crippen LogP contribution in [0.2, 0.25) is 0 Å². The molecule has 0 heterocycles. The average molecular weight is 256 g/mol. The molecule has 0 saturated heterocycles. The molecule has 0 aromatic rings. The van der Waals surface area contributed by atoms with E-state index in [0.717, 1.165) is 12.8 Å². The van der Waals surface area contributed by atoms with Gasteiger partial charge in [-0.05, 0) is 26.3 Å². The predicted molar refractivity (Wildman–Crippen MR) is 57.6 cm³/mol. The summed E-state index contributed by atoms with van der Waals surface area (Å²) in [7, 11) is 1.60. The van der Waals surface area contributed by atoms with Crippen LogP contribution < -0.4 is 10.6 Å². The molecule has 7 heteroatoms. The first-order chi connectivity index (χ1) is 7.87. The van der Waals surface area contributed by atoms with E-state index in [9.17, 15) is 18.0 Å². The van der Waals surface area contributed by atoms with E-state index in [1.54, 1.807) is 7.11 Å². The molecule has 0 fully saturated rings. The van der Waals surface area contributed by atoms with Crippen molar-refractivity contribution in [2.75, 3.05) is 26.8 Å². The van der Waals surface area contributed by atoms with Crippen LogP contribution in [0.1, 0.15) is 19.8 Å². The van der Waals surface area contributed by atoms with Gasteiger partial charge in [-0.25, -0.2) is 0 Å². The first-order valence-corrected chi connectivity index (χ1v) is 5.43. The highest BCUT2D eigenvalue weighted by atomic mass is 19.4. The lowest BCUT2D eigenvalue weighted by Gasteiger charge is -2.14. The molecule has 102 valence electrons. The molecule has 1 amide bonds. The Labute approximate surface area is 98.9 Å². The number of ether oxygens (including phenoxy) is 1. The molecular weight excluding hydrogens is 237 g/mol. The normalized spacial score (nSPS) is 13.5. The minimum atomic E-state index is -4.37. The van der Waals surface area contributed by atoms with Gasteiger partial charge in [0.15, 0.2) is 0 Å². The Balaban J connectivity index is 3.61. The summed E-state index contributed by atoms with van der Waals surface area (Å²) in [5.74, 6) is -0.644. The summed E-state index contributed by atoms with van der Waals surface area (Å²) in [6.07, 6.45) is -2.71. The zero-order valence-electron chi connectivity index (χ0n) is 10.1. The van der Waals surface area contributed by atoms with Crippen LogP contribution in [-0.2, 0) is 9.53 Å². The number of hydrogen-bond donors (Lipinski definition) is 2. The van der Waals surface area contributed by atoms with E-state index in [4.69, 9.17) is 4.74 Å². The molecule has 17 heavy (non-hydrogen) atoms. The number of methoxy groups -OCH3 is 1. The number of alkyl halides is 3. The van der Waals surface area contributed by atoms with Crippen LogP contribution in [-0.4, -0.2) is 44.9 Å². The standard InChI is InChI=1S/C10H19F3N2O2/c1-8(14-5-3-4-6-17-2)9(16)15-7-10(11,12)13/h8,14H,3-7H2,1-2H3,(H,15,16). The van der Waals surface area contributed by atoms with E-state index in [2.05, 4.69) is 5.32 Å². The Morgan fingerprint density at radius 2 is 2.00 bits per heavy atom. The van der Waals surface area contributed by atoms with E-state index < -0.39 is 24.7 Å². The number of unbranched alkanes of at least 4 members (excludes halogenated alkanes) is 1. The molecule has 0 aliphatic heterocycles. The zero-order valence-corrected chi connectivity index (χ0v) is 10.1. The highest BCUT2D eigenvalue weighted by molar-refractivity contribution is 5.81. The Hall–Kier alpha value is -0.820. The molecule has 0 aliphatic rings. The van der Waals surface area contributed by atoms with E-state index in [0.29, 0.717) is 13.2 Å². The number of rotatable bonds is 8. The van der Waals surface area contributed by atoms with Crippen molar-refractivity contribution in [2.24, 2.45) is 0 Å². The monoisotopic (exact) mass is 256 g/mol. The van der Waals surface area contributed by atoms with Crippen LogP contribution in [0.3, 0.4) is 0 Å². The van der Waals surface area contributed by atoms with E-state index in [-0.39, 0.29) is 0 Å². The van der Waals surface area contributed by atoms with Gasteiger partial charge in [-0.15, -0.1) is 0 Å². The zero-order chi connectivity index (χ0) is 13.3.